The average Bonchev–Trinajstić information content (AvgIpc) is 3.61. The van der Waals surface area contributed by atoms with Crippen molar-refractivity contribution in [2.24, 2.45) is 5.41 Å². The van der Waals surface area contributed by atoms with Gasteiger partial charge in [-0.25, -0.2) is 0 Å². The van der Waals surface area contributed by atoms with Crippen LogP contribution in [0.1, 0.15) is 92.1 Å². The van der Waals surface area contributed by atoms with E-state index in [2.05, 4.69) is 4.98 Å². The van der Waals surface area contributed by atoms with Crippen LogP contribution in [0.3, 0.4) is 0 Å². The molecule has 0 spiro atoms. The van der Waals surface area contributed by atoms with Crippen LogP contribution in [-0.4, -0.2) is 80.7 Å². The van der Waals surface area contributed by atoms with Gasteiger partial charge in [-0.1, -0.05) is 42.9 Å². The molecule has 0 radical (unpaired) electrons. The number of aromatic nitrogens is 1. The predicted molar refractivity (Wildman–Crippen MR) is 189 cm³/mol. The molecule has 2 aliphatic rings. The molecule has 1 aromatic carbocycles. The molecule has 2 aromatic heterocycles. The second kappa shape index (κ2) is 16.0. The van der Waals surface area contributed by atoms with Crippen LogP contribution in [0.4, 0.5) is 26.3 Å². The summed E-state index contributed by atoms with van der Waals surface area (Å²) in [7, 11) is 0. The maximum atomic E-state index is 14.9. The normalized spacial score (nSPS) is 20.6. The van der Waals surface area contributed by atoms with Crippen molar-refractivity contribution in [2.75, 3.05) is 26.2 Å². The van der Waals surface area contributed by atoms with Gasteiger partial charge in [-0.15, -0.1) is 0 Å². The number of likely N-dealkylation sites (tertiary alicyclic amines) is 2. The third-order valence-corrected chi connectivity index (χ3v) is 11.4. The van der Waals surface area contributed by atoms with E-state index in [1.54, 1.807) is 45.0 Å². The van der Waals surface area contributed by atoms with Crippen LogP contribution < -0.4 is 9.47 Å². The van der Waals surface area contributed by atoms with Crippen LogP contribution in [0.15, 0.2) is 54.9 Å². The molecule has 2 N–H and O–H groups in total. The third kappa shape index (κ3) is 8.87. The Balaban J connectivity index is 1.47. The number of halogens is 6. The monoisotopic (exact) mass is 799 g/mol. The van der Waals surface area contributed by atoms with E-state index in [0.717, 1.165) is 29.4 Å². The Bertz CT molecular complexity index is 1860. The van der Waals surface area contributed by atoms with Crippen LogP contribution in [0.2, 0.25) is 0 Å². The van der Waals surface area contributed by atoms with E-state index in [9.17, 15) is 50.9 Å². The zero-order valence-electron chi connectivity index (χ0n) is 30.5. The van der Waals surface area contributed by atoms with Crippen molar-refractivity contribution >= 4 is 29.1 Å². The first-order valence-corrected chi connectivity index (χ1v) is 18.7. The summed E-state index contributed by atoms with van der Waals surface area (Å²) in [6.45, 7) is 4.78. The fourth-order valence-corrected chi connectivity index (χ4v) is 7.99. The molecule has 2 atom stereocenters. The molecule has 10 nitrogen and oxygen atoms in total. The number of carboxylic acid groups (broad SMARTS) is 1. The number of hydrogen-bond donors (Lipinski definition) is 2. The molecule has 300 valence electrons. The van der Waals surface area contributed by atoms with E-state index in [-0.39, 0.29) is 81.2 Å². The number of rotatable bonds is 12. The first kappa shape index (κ1) is 41.8. The molecule has 0 aliphatic carbocycles. The number of amides is 2. The second-order valence-corrected chi connectivity index (χ2v) is 15.6. The summed E-state index contributed by atoms with van der Waals surface area (Å²) in [4.78, 5) is 45.8. The number of benzene rings is 1. The summed E-state index contributed by atoms with van der Waals surface area (Å²) in [5.74, 6) is -2.37. The number of hydrogen-bond acceptors (Lipinski definition) is 8. The molecule has 4 heterocycles. The number of piperidine rings is 2. The van der Waals surface area contributed by atoms with Crippen molar-refractivity contribution in [2.45, 2.75) is 95.3 Å². The molecule has 2 fully saturated rings. The van der Waals surface area contributed by atoms with Gasteiger partial charge in [0.25, 0.3) is 11.8 Å². The van der Waals surface area contributed by atoms with E-state index in [1.807, 2.05) is 0 Å². The number of carbonyl (C=O) groups excluding carboxylic acids is 2. The fourth-order valence-electron chi connectivity index (χ4n) is 7.19. The minimum absolute atomic E-state index is 0.00124. The lowest BCUT2D eigenvalue weighted by Crippen LogP contribution is -2.68. The van der Waals surface area contributed by atoms with E-state index >= 15 is 0 Å². The molecule has 0 saturated carbocycles. The van der Waals surface area contributed by atoms with Gasteiger partial charge in [0.1, 0.15) is 10.6 Å². The van der Waals surface area contributed by atoms with Gasteiger partial charge >= 0.3 is 18.3 Å². The van der Waals surface area contributed by atoms with Gasteiger partial charge < -0.3 is 29.5 Å². The summed E-state index contributed by atoms with van der Waals surface area (Å²) >= 11 is 0.269. The van der Waals surface area contributed by atoms with Gasteiger partial charge in [-0.3, -0.25) is 19.4 Å². The number of aliphatic carboxylic acids is 1. The molecule has 2 saturated heterocycles. The highest BCUT2D eigenvalue weighted by Gasteiger charge is 2.57. The molecule has 55 heavy (non-hydrogen) atoms. The summed E-state index contributed by atoms with van der Waals surface area (Å²) in [6.07, 6.45) is -7.28. The average molecular weight is 800 g/mol. The number of para-hydroxylation sites is 1. The Morgan fingerprint density at radius 3 is 2.27 bits per heavy atom. The summed E-state index contributed by atoms with van der Waals surface area (Å²) in [5.41, 5.74) is -6.07. The van der Waals surface area contributed by atoms with E-state index in [4.69, 9.17) is 9.47 Å². The fraction of sp³-hybridized carbons (Fsp3) is 0.526. The van der Waals surface area contributed by atoms with Crippen LogP contribution in [0.5, 0.6) is 10.8 Å². The minimum atomic E-state index is -4.90. The molecule has 0 bridgehead atoms. The lowest BCUT2D eigenvalue weighted by atomic mass is 9.78. The highest BCUT2D eigenvalue weighted by Crippen LogP contribution is 2.45. The smallest absolute Gasteiger partial charge is 0.425 e. The summed E-state index contributed by atoms with van der Waals surface area (Å²) in [6, 6.07) is 8.11. The zero-order valence-corrected chi connectivity index (χ0v) is 31.3. The molecule has 17 heteroatoms. The van der Waals surface area contributed by atoms with Gasteiger partial charge in [0.05, 0.1) is 34.8 Å². The Morgan fingerprint density at radius 1 is 0.964 bits per heavy atom. The number of ether oxygens (including phenoxy) is 2. The van der Waals surface area contributed by atoms with Crippen molar-refractivity contribution in [3.05, 3.63) is 76.4 Å². The first-order chi connectivity index (χ1) is 25.7. The maximum Gasteiger partial charge on any atom is 0.425 e. The summed E-state index contributed by atoms with van der Waals surface area (Å²) in [5, 5.41) is 21.2. The quantitative estimate of drug-likeness (QED) is 0.178. The van der Waals surface area contributed by atoms with E-state index in [1.165, 1.54) is 4.90 Å². The van der Waals surface area contributed by atoms with Gasteiger partial charge in [0, 0.05) is 44.0 Å². The molecular weight excluding hydrogens is 756 g/mol. The van der Waals surface area contributed by atoms with Crippen molar-refractivity contribution in [3.63, 3.8) is 0 Å². The number of carboxylic acids is 1. The lowest BCUT2D eigenvalue weighted by molar-refractivity contribution is -0.163. The Morgan fingerprint density at radius 2 is 1.65 bits per heavy atom. The predicted octanol–water partition coefficient (Wildman–Crippen LogP) is 7.79. The maximum absolute atomic E-state index is 14.9. The zero-order chi connectivity index (χ0) is 40.4. The molecular formula is C38H43F6N3O7S. The number of carbonyl (C=O) groups is 3. The Hall–Kier alpha value is -4.38. The standard InChI is InChI=1S/C38H43F6N3O7S/c1-4-8-28-36(54-30-12-11-29(55-30)38(42,43)44,14-7-19-47(28)31(48)24-23-45-18-13-25(24)37(39,40)41)32(49)46-20-15-35(52,16-21-46)26-9-5-6-10-27(26)53-22-17-34(2,3)33(50)51/h5-6,9-13,18,23,28,52H,4,7-8,14-17,19-22H2,1-3H3,(H,50,51)/t28-,36+/m1/s1. The van der Waals surface area contributed by atoms with E-state index < -0.39 is 68.8 Å². The van der Waals surface area contributed by atoms with Crippen LogP contribution >= 0.6 is 11.3 Å². The summed E-state index contributed by atoms with van der Waals surface area (Å²) < 4.78 is 95.5. The van der Waals surface area contributed by atoms with Gasteiger partial charge in [0.15, 0.2) is 5.06 Å². The second-order valence-electron chi connectivity index (χ2n) is 14.5. The first-order valence-electron chi connectivity index (χ1n) is 17.9. The molecule has 2 aliphatic heterocycles. The molecule has 2 amide bonds. The highest BCUT2D eigenvalue weighted by atomic mass is 32.1. The SMILES string of the molecule is CCC[C@H]1N(C(=O)c2cnccc2C(F)(F)F)CCC[C@@]1(Oc1ccc(C(F)(F)F)s1)C(=O)N1CCC(O)(c2ccccc2OCCC(C)(C)C(=O)O)CC1. The number of thiophene rings is 1. The molecule has 5 rings (SSSR count). The van der Waals surface area contributed by atoms with Gasteiger partial charge in [-0.2, -0.15) is 26.3 Å². The Labute approximate surface area is 318 Å². The number of alkyl halides is 6. The van der Waals surface area contributed by atoms with Gasteiger partial charge in [-0.05, 0) is 70.2 Å². The number of nitrogens with zero attached hydrogens (tertiary/aromatic N) is 3. The van der Waals surface area contributed by atoms with Crippen LogP contribution in [-0.2, 0) is 27.5 Å². The minimum Gasteiger partial charge on any atom is -0.493 e. The van der Waals surface area contributed by atoms with Crippen LogP contribution in [0, 0.1) is 5.41 Å². The number of aliphatic hydroxyl groups is 1. The highest BCUT2D eigenvalue weighted by molar-refractivity contribution is 7.13. The third-order valence-electron chi connectivity index (χ3n) is 10.4. The Kier molecular flexibility index (Phi) is 12.2. The molecule has 3 aromatic rings. The van der Waals surface area contributed by atoms with E-state index in [0.29, 0.717) is 23.8 Å². The largest absolute Gasteiger partial charge is 0.493 e. The van der Waals surface area contributed by atoms with Crippen LogP contribution in [0.25, 0.3) is 0 Å². The van der Waals surface area contributed by atoms with Crippen molar-refractivity contribution < 1.29 is 60.4 Å². The van der Waals surface area contributed by atoms with Crippen molar-refractivity contribution in [3.8, 4) is 10.8 Å². The van der Waals surface area contributed by atoms with Crippen molar-refractivity contribution in [1.82, 2.24) is 14.8 Å². The lowest BCUT2D eigenvalue weighted by Gasteiger charge is -2.51. The topological polar surface area (TPSA) is 130 Å². The van der Waals surface area contributed by atoms with Gasteiger partial charge in [0.2, 0.25) is 5.60 Å². The van der Waals surface area contributed by atoms with Crippen molar-refractivity contribution in [1.29, 1.82) is 0 Å². The molecule has 0 unspecified atom stereocenters. The number of pyridine rings is 1.